The summed E-state index contributed by atoms with van der Waals surface area (Å²) in [6, 6.07) is 21.3. The summed E-state index contributed by atoms with van der Waals surface area (Å²) in [6.07, 6.45) is 4.30. The van der Waals surface area contributed by atoms with Gasteiger partial charge in [-0.25, -0.2) is 4.79 Å². The lowest BCUT2D eigenvalue weighted by Crippen LogP contribution is -2.28. The molecule has 33 heavy (non-hydrogen) atoms. The molecule has 4 aromatic rings. The molecule has 0 aliphatic carbocycles. The molecule has 0 spiro atoms. The van der Waals surface area contributed by atoms with Crippen LogP contribution in [-0.2, 0) is 6.54 Å². The zero-order valence-electron chi connectivity index (χ0n) is 17.9. The Morgan fingerprint density at radius 2 is 1.97 bits per heavy atom. The van der Waals surface area contributed by atoms with Gasteiger partial charge < -0.3 is 20.9 Å². The van der Waals surface area contributed by atoms with Gasteiger partial charge in [0.1, 0.15) is 5.00 Å². The van der Waals surface area contributed by atoms with Gasteiger partial charge in [-0.3, -0.25) is 4.98 Å². The summed E-state index contributed by atoms with van der Waals surface area (Å²) in [4.78, 5) is 18.9. The van der Waals surface area contributed by atoms with Crippen LogP contribution in [0.25, 0.3) is 11.1 Å². The molecule has 1 aliphatic heterocycles. The van der Waals surface area contributed by atoms with Crippen LogP contribution in [0.1, 0.15) is 17.5 Å². The highest BCUT2D eigenvalue weighted by atomic mass is 32.1. The zero-order valence-corrected chi connectivity index (χ0v) is 18.7. The van der Waals surface area contributed by atoms with Gasteiger partial charge in [-0.1, -0.05) is 42.5 Å². The summed E-state index contributed by atoms with van der Waals surface area (Å²) < 4.78 is 0. The van der Waals surface area contributed by atoms with Gasteiger partial charge in [-0.05, 0) is 35.4 Å². The molecule has 0 unspecified atom stereocenters. The fraction of sp³-hybridized carbons (Fsp3) is 0.115. The third kappa shape index (κ3) is 4.49. The topological polar surface area (TPSA) is 81.1 Å². The van der Waals surface area contributed by atoms with E-state index < -0.39 is 0 Å². The number of benzene rings is 2. The van der Waals surface area contributed by atoms with E-state index in [0.717, 1.165) is 39.5 Å². The number of fused-ring (bicyclic) bond motifs is 1. The molecule has 6 nitrogen and oxygen atoms in total. The summed E-state index contributed by atoms with van der Waals surface area (Å²) in [5.74, 6) is 0. The first-order valence-corrected chi connectivity index (χ1v) is 11.6. The lowest BCUT2D eigenvalue weighted by atomic mass is 9.96. The third-order valence-corrected chi connectivity index (χ3v) is 6.59. The molecule has 7 heteroatoms. The Kier molecular flexibility index (Phi) is 5.87. The number of urea groups is 1. The Morgan fingerprint density at radius 1 is 1.09 bits per heavy atom. The van der Waals surface area contributed by atoms with Crippen molar-refractivity contribution in [2.75, 3.05) is 16.8 Å². The summed E-state index contributed by atoms with van der Waals surface area (Å²) in [6.45, 7) is 1.23. The van der Waals surface area contributed by atoms with Crippen LogP contribution in [0.3, 0.4) is 0 Å². The number of nitrogens with zero attached hydrogens (tertiary/aromatic N) is 2. The van der Waals surface area contributed by atoms with Crippen LogP contribution in [0, 0.1) is 5.41 Å². The van der Waals surface area contributed by atoms with E-state index in [1.54, 1.807) is 17.5 Å². The summed E-state index contributed by atoms with van der Waals surface area (Å²) in [7, 11) is 0. The van der Waals surface area contributed by atoms with Crippen LogP contribution >= 0.6 is 11.3 Å². The second-order valence-electron chi connectivity index (χ2n) is 7.80. The molecular formula is C26H23N5OS. The first-order valence-electron chi connectivity index (χ1n) is 10.7. The highest BCUT2D eigenvalue weighted by Crippen LogP contribution is 2.44. The molecule has 2 aromatic carbocycles. The smallest absolute Gasteiger partial charge is 0.319 e. The van der Waals surface area contributed by atoms with Gasteiger partial charge in [0.25, 0.3) is 0 Å². The van der Waals surface area contributed by atoms with Gasteiger partial charge in [0, 0.05) is 53.6 Å². The Labute approximate surface area is 196 Å². The van der Waals surface area contributed by atoms with E-state index in [1.165, 1.54) is 0 Å². The Balaban J connectivity index is 1.36. The van der Waals surface area contributed by atoms with Crippen LogP contribution in [0.15, 0.2) is 84.5 Å². The number of thiophene rings is 1. The summed E-state index contributed by atoms with van der Waals surface area (Å²) >= 11 is 1.64. The molecule has 0 radical (unpaired) electrons. The molecule has 0 saturated carbocycles. The normalized spacial score (nSPS) is 12.8. The van der Waals surface area contributed by atoms with Crippen molar-refractivity contribution in [3.63, 3.8) is 0 Å². The minimum atomic E-state index is -0.251. The predicted molar refractivity (Wildman–Crippen MR) is 135 cm³/mol. The number of carbonyl (C=O) groups is 1. The van der Waals surface area contributed by atoms with Gasteiger partial charge in [0.2, 0.25) is 0 Å². The van der Waals surface area contributed by atoms with Crippen molar-refractivity contribution in [1.29, 1.82) is 5.41 Å². The van der Waals surface area contributed by atoms with Gasteiger partial charge in [0.15, 0.2) is 0 Å². The van der Waals surface area contributed by atoms with Gasteiger partial charge in [-0.15, -0.1) is 11.3 Å². The minimum Gasteiger partial charge on any atom is -0.334 e. The minimum absolute atomic E-state index is 0.251. The fourth-order valence-corrected chi connectivity index (χ4v) is 5.14. The Hall–Kier alpha value is -3.97. The van der Waals surface area contributed by atoms with Crippen LogP contribution < -0.4 is 15.5 Å². The predicted octanol–water partition coefficient (Wildman–Crippen LogP) is 6.04. The first kappa shape index (κ1) is 20.9. The lowest BCUT2D eigenvalue weighted by Gasteiger charge is -2.29. The number of aromatic nitrogens is 1. The lowest BCUT2D eigenvalue weighted by molar-refractivity contribution is 0.251. The molecule has 5 rings (SSSR count). The molecule has 2 amide bonds. The number of pyridine rings is 1. The maximum absolute atomic E-state index is 12.4. The monoisotopic (exact) mass is 453 g/mol. The number of hydrogen-bond acceptors (Lipinski definition) is 5. The van der Waals surface area contributed by atoms with Crippen LogP contribution in [0.5, 0.6) is 0 Å². The van der Waals surface area contributed by atoms with Crippen molar-refractivity contribution in [2.45, 2.75) is 13.0 Å². The van der Waals surface area contributed by atoms with Crippen molar-refractivity contribution >= 4 is 39.5 Å². The van der Waals surface area contributed by atoms with Crippen molar-refractivity contribution in [2.24, 2.45) is 0 Å². The van der Waals surface area contributed by atoms with E-state index >= 15 is 0 Å². The van der Waals surface area contributed by atoms with Gasteiger partial charge >= 0.3 is 6.03 Å². The summed E-state index contributed by atoms with van der Waals surface area (Å²) in [5.41, 5.74) is 6.38. The molecule has 0 fully saturated rings. The summed E-state index contributed by atoms with van der Waals surface area (Å²) in [5, 5.41) is 17.6. The van der Waals surface area contributed by atoms with E-state index in [0.29, 0.717) is 24.4 Å². The number of hydrogen-bond donors (Lipinski definition) is 3. The zero-order chi connectivity index (χ0) is 22.6. The van der Waals surface area contributed by atoms with Crippen molar-refractivity contribution in [1.82, 2.24) is 10.3 Å². The second-order valence-corrected chi connectivity index (χ2v) is 8.65. The maximum atomic E-state index is 12.4. The Bertz CT molecular complexity index is 1290. The third-order valence-electron chi connectivity index (χ3n) is 5.59. The molecule has 2 aromatic heterocycles. The molecule has 164 valence electrons. The van der Waals surface area contributed by atoms with E-state index in [9.17, 15) is 4.79 Å². The van der Waals surface area contributed by atoms with Crippen molar-refractivity contribution < 1.29 is 4.79 Å². The number of nitrogens with one attached hydrogen (secondary N) is 3. The number of rotatable bonds is 5. The van der Waals surface area contributed by atoms with E-state index in [4.69, 9.17) is 5.41 Å². The quantitative estimate of drug-likeness (QED) is 0.344. The fourth-order valence-electron chi connectivity index (χ4n) is 3.98. The van der Waals surface area contributed by atoms with Crippen molar-refractivity contribution in [3.05, 3.63) is 95.6 Å². The molecule has 1 aliphatic rings. The molecule has 0 saturated heterocycles. The highest BCUT2D eigenvalue weighted by molar-refractivity contribution is 7.15. The molecule has 3 N–H and O–H groups in total. The molecular weight excluding hydrogens is 430 g/mol. The standard InChI is InChI=1S/C26H23N5OS/c27-23-11-13-31(21-10-5-12-28-16-21)25-24(23)22(17-33-25)19-8-4-9-20(14-19)30-26(32)29-15-18-6-2-1-3-7-18/h1-10,12,14,16-17,27H,11,13,15H2,(H2,29,30,32). The average molecular weight is 454 g/mol. The largest absolute Gasteiger partial charge is 0.334 e. The second kappa shape index (κ2) is 9.26. The van der Waals surface area contributed by atoms with E-state index in [-0.39, 0.29) is 6.03 Å². The Morgan fingerprint density at radius 3 is 2.79 bits per heavy atom. The van der Waals surface area contributed by atoms with E-state index in [2.05, 4.69) is 25.9 Å². The SMILES string of the molecule is N=C1CCN(c2cccnc2)c2scc(-c3cccc(NC(=O)NCc4ccccc4)c3)c21. The molecule has 3 heterocycles. The first-order chi connectivity index (χ1) is 16.2. The van der Waals surface area contributed by atoms with Crippen LogP contribution in [0.2, 0.25) is 0 Å². The van der Waals surface area contributed by atoms with Crippen molar-refractivity contribution in [3.8, 4) is 11.1 Å². The number of anilines is 3. The number of carbonyl (C=O) groups excluding carboxylic acids is 1. The van der Waals surface area contributed by atoms with E-state index in [1.807, 2.05) is 72.9 Å². The van der Waals surface area contributed by atoms with Gasteiger partial charge in [-0.2, -0.15) is 0 Å². The highest BCUT2D eigenvalue weighted by Gasteiger charge is 2.27. The maximum Gasteiger partial charge on any atom is 0.319 e. The van der Waals surface area contributed by atoms with Crippen LogP contribution in [-0.4, -0.2) is 23.3 Å². The molecule has 0 atom stereocenters. The average Bonchev–Trinajstić information content (AvgIpc) is 3.31. The van der Waals surface area contributed by atoms with Crippen LogP contribution in [0.4, 0.5) is 21.2 Å². The molecule has 0 bridgehead atoms. The number of amides is 2. The van der Waals surface area contributed by atoms with Gasteiger partial charge in [0.05, 0.1) is 11.9 Å².